The van der Waals surface area contributed by atoms with E-state index >= 15 is 0 Å². The highest BCUT2D eigenvalue weighted by atomic mass is 16.3. The zero-order valence-corrected chi connectivity index (χ0v) is 14.3. The number of para-hydroxylation sites is 1. The summed E-state index contributed by atoms with van der Waals surface area (Å²) in [5.74, 6) is -0.165. The van der Waals surface area contributed by atoms with Crippen molar-refractivity contribution in [2.45, 2.75) is 25.9 Å². The standard InChI is InChI=1S/C19H23N3O3/c1-13(23)20-9-7-19(25)22-11-15(18(24)12-22)10-14-6-8-21-17-5-3-2-4-16(14)17/h2-6,8,15,18,24H,7,9-12H2,1H3,(H,20,23)/t15-,18+/m1/s1. The Bertz CT molecular complexity index is 772. The van der Waals surface area contributed by atoms with E-state index in [0.29, 0.717) is 26.1 Å². The van der Waals surface area contributed by atoms with E-state index in [1.54, 1.807) is 11.1 Å². The molecule has 0 bridgehead atoms. The summed E-state index contributed by atoms with van der Waals surface area (Å²) in [6, 6.07) is 9.93. The lowest BCUT2D eigenvalue weighted by molar-refractivity contribution is -0.130. The van der Waals surface area contributed by atoms with Crippen molar-refractivity contribution in [2.75, 3.05) is 19.6 Å². The van der Waals surface area contributed by atoms with E-state index in [1.807, 2.05) is 30.3 Å². The molecule has 25 heavy (non-hydrogen) atoms. The van der Waals surface area contributed by atoms with Crippen LogP contribution in [0.2, 0.25) is 0 Å². The van der Waals surface area contributed by atoms with Gasteiger partial charge in [0.2, 0.25) is 11.8 Å². The van der Waals surface area contributed by atoms with Crippen molar-refractivity contribution in [3.05, 3.63) is 42.1 Å². The molecule has 2 heterocycles. The molecular formula is C19H23N3O3. The molecular weight excluding hydrogens is 318 g/mol. The molecule has 2 amide bonds. The first-order chi connectivity index (χ1) is 12.0. The first-order valence-corrected chi connectivity index (χ1v) is 8.57. The average molecular weight is 341 g/mol. The fourth-order valence-electron chi connectivity index (χ4n) is 3.38. The Morgan fingerprint density at radius 1 is 1.28 bits per heavy atom. The van der Waals surface area contributed by atoms with Gasteiger partial charge in [0.15, 0.2) is 0 Å². The predicted octanol–water partition coefficient (Wildman–Crippen LogP) is 1.12. The molecule has 0 radical (unpaired) electrons. The largest absolute Gasteiger partial charge is 0.391 e. The molecule has 6 heteroatoms. The topological polar surface area (TPSA) is 82.5 Å². The van der Waals surface area contributed by atoms with E-state index in [1.165, 1.54) is 6.92 Å². The minimum absolute atomic E-state index is 0.00974. The van der Waals surface area contributed by atoms with Crippen LogP contribution >= 0.6 is 0 Å². The van der Waals surface area contributed by atoms with E-state index < -0.39 is 6.10 Å². The van der Waals surface area contributed by atoms with Crippen molar-refractivity contribution in [2.24, 2.45) is 5.92 Å². The fraction of sp³-hybridized carbons (Fsp3) is 0.421. The number of rotatable bonds is 5. The highest BCUT2D eigenvalue weighted by molar-refractivity contribution is 5.82. The first kappa shape index (κ1) is 17.4. The second-order valence-corrected chi connectivity index (χ2v) is 6.55. The van der Waals surface area contributed by atoms with Crippen LogP contribution in [0.1, 0.15) is 18.9 Å². The van der Waals surface area contributed by atoms with Gasteiger partial charge in [0.05, 0.1) is 11.6 Å². The number of benzene rings is 1. The lowest BCUT2D eigenvalue weighted by atomic mass is 9.94. The normalized spacial score (nSPS) is 20.0. The maximum absolute atomic E-state index is 12.2. The molecule has 0 aliphatic carbocycles. The number of nitrogens with zero attached hydrogens (tertiary/aromatic N) is 2. The third-order valence-corrected chi connectivity index (χ3v) is 4.69. The van der Waals surface area contributed by atoms with Crippen LogP contribution in [-0.2, 0) is 16.0 Å². The fourth-order valence-corrected chi connectivity index (χ4v) is 3.38. The Morgan fingerprint density at radius 3 is 2.88 bits per heavy atom. The summed E-state index contributed by atoms with van der Waals surface area (Å²) in [5.41, 5.74) is 2.08. The molecule has 1 aromatic carbocycles. The molecule has 132 valence electrons. The van der Waals surface area contributed by atoms with Crippen molar-refractivity contribution >= 4 is 22.7 Å². The number of hydrogen-bond acceptors (Lipinski definition) is 4. The number of amides is 2. The maximum Gasteiger partial charge on any atom is 0.224 e. The minimum Gasteiger partial charge on any atom is -0.391 e. The van der Waals surface area contributed by atoms with Crippen molar-refractivity contribution < 1.29 is 14.7 Å². The third-order valence-electron chi connectivity index (χ3n) is 4.69. The van der Waals surface area contributed by atoms with Gasteiger partial charge in [-0.3, -0.25) is 14.6 Å². The maximum atomic E-state index is 12.2. The molecule has 2 atom stereocenters. The summed E-state index contributed by atoms with van der Waals surface area (Å²) in [6.07, 6.45) is 2.23. The van der Waals surface area contributed by atoms with E-state index in [2.05, 4.69) is 10.3 Å². The number of carbonyl (C=O) groups is 2. The first-order valence-electron chi connectivity index (χ1n) is 8.57. The molecule has 0 saturated carbocycles. The van der Waals surface area contributed by atoms with Gasteiger partial charge in [-0.2, -0.15) is 0 Å². The number of nitrogens with one attached hydrogen (secondary N) is 1. The van der Waals surface area contributed by atoms with Gasteiger partial charge in [0.1, 0.15) is 0 Å². The Balaban J connectivity index is 1.64. The smallest absolute Gasteiger partial charge is 0.224 e. The predicted molar refractivity (Wildman–Crippen MR) is 94.8 cm³/mol. The van der Waals surface area contributed by atoms with E-state index in [0.717, 1.165) is 16.5 Å². The molecule has 2 aromatic rings. The Kier molecular flexibility index (Phi) is 5.28. The van der Waals surface area contributed by atoms with Gasteiger partial charge in [0.25, 0.3) is 0 Å². The van der Waals surface area contributed by atoms with Crippen molar-refractivity contribution in [1.29, 1.82) is 0 Å². The SMILES string of the molecule is CC(=O)NCCC(=O)N1C[C@@H](Cc2ccnc3ccccc23)[C@@H](O)C1. The molecule has 0 spiro atoms. The van der Waals surface area contributed by atoms with Crippen LogP contribution < -0.4 is 5.32 Å². The molecule has 1 aliphatic rings. The van der Waals surface area contributed by atoms with Crippen LogP contribution in [0.5, 0.6) is 0 Å². The summed E-state index contributed by atoms with van der Waals surface area (Å²) in [5, 5.41) is 14.1. The van der Waals surface area contributed by atoms with Crippen molar-refractivity contribution in [3.63, 3.8) is 0 Å². The number of aliphatic hydroxyl groups is 1. The molecule has 2 N–H and O–H groups in total. The van der Waals surface area contributed by atoms with Crippen molar-refractivity contribution in [3.8, 4) is 0 Å². The van der Waals surface area contributed by atoms with Gasteiger partial charge in [-0.15, -0.1) is 0 Å². The molecule has 6 nitrogen and oxygen atoms in total. The van der Waals surface area contributed by atoms with Crippen LogP contribution in [0, 0.1) is 5.92 Å². The van der Waals surface area contributed by atoms with Gasteiger partial charge in [-0.05, 0) is 24.1 Å². The van der Waals surface area contributed by atoms with Gasteiger partial charge in [0, 0.05) is 50.5 Å². The van der Waals surface area contributed by atoms with E-state index in [9.17, 15) is 14.7 Å². The second-order valence-electron chi connectivity index (χ2n) is 6.55. The van der Waals surface area contributed by atoms with Gasteiger partial charge in [-0.1, -0.05) is 18.2 Å². The summed E-state index contributed by atoms with van der Waals surface area (Å²) >= 11 is 0. The highest BCUT2D eigenvalue weighted by Crippen LogP contribution is 2.25. The third kappa shape index (κ3) is 4.14. The van der Waals surface area contributed by atoms with Gasteiger partial charge >= 0.3 is 0 Å². The number of β-amino-alcohol motifs (C(OH)–C–C–N with tert-alkyl or cyclic N) is 1. The van der Waals surface area contributed by atoms with Crippen LogP contribution in [-0.4, -0.2) is 52.5 Å². The van der Waals surface area contributed by atoms with Crippen LogP contribution in [0.4, 0.5) is 0 Å². The monoisotopic (exact) mass is 341 g/mol. The second kappa shape index (κ2) is 7.61. The summed E-state index contributed by atoms with van der Waals surface area (Å²) < 4.78 is 0. The number of hydrogen-bond donors (Lipinski definition) is 2. The summed E-state index contributed by atoms with van der Waals surface area (Å²) in [6.45, 7) is 2.66. The van der Waals surface area contributed by atoms with Gasteiger partial charge in [-0.25, -0.2) is 0 Å². The van der Waals surface area contributed by atoms with E-state index in [4.69, 9.17) is 0 Å². The number of aliphatic hydroxyl groups excluding tert-OH is 1. The number of likely N-dealkylation sites (tertiary alicyclic amines) is 1. The Hall–Kier alpha value is -2.47. The summed E-state index contributed by atoms with van der Waals surface area (Å²) in [4.78, 5) is 29.2. The van der Waals surface area contributed by atoms with Crippen LogP contribution in [0.25, 0.3) is 10.9 Å². The van der Waals surface area contributed by atoms with Crippen molar-refractivity contribution in [1.82, 2.24) is 15.2 Å². The quantitative estimate of drug-likeness (QED) is 0.854. The lowest BCUT2D eigenvalue weighted by Gasteiger charge is -2.16. The van der Waals surface area contributed by atoms with E-state index in [-0.39, 0.29) is 24.2 Å². The Labute approximate surface area is 146 Å². The molecule has 3 rings (SSSR count). The van der Waals surface area contributed by atoms with Crippen LogP contribution in [0.3, 0.4) is 0 Å². The Morgan fingerprint density at radius 2 is 2.08 bits per heavy atom. The molecule has 0 unspecified atom stereocenters. The molecule has 1 saturated heterocycles. The molecule has 1 aliphatic heterocycles. The number of carbonyl (C=O) groups excluding carboxylic acids is 2. The van der Waals surface area contributed by atoms with Gasteiger partial charge < -0.3 is 15.3 Å². The zero-order chi connectivity index (χ0) is 17.8. The number of fused-ring (bicyclic) bond motifs is 1. The number of aromatic nitrogens is 1. The summed E-state index contributed by atoms with van der Waals surface area (Å²) in [7, 11) is 0. The number of pyridine rings is 1. The zero-order valence-electron chi connectivity index (χ0n) is 14.3. The van der Waals surface area contributed by atoms with Crippen LogP contribution in [0.15, 0.2) is 36.5 Å². The lowest BCUT2D eigenvalue weighted by Crippen LogP contribution is -2.33. The molecule has 1 aromatic heterocycles. The average Bonchev–Trinajstić information content (AvgIpc) is 2.96. The molecule has 1 fully saturated rings. The highest BCUT2D eigenvalue weighted by Gasteiger charge is 2.33. The minimum atomic E-state index is -0.531.